The van der Waals surface area contributed by atoms with E-state index in [1.165, 1.54) is 11.3 Å². The molecule has 1 N–H and O–H groups in total. The molecule has 0 aromatic carbocycles. The summed E-state index contributed by atoms with van der Waals surface area (Å²) in [6.45, 7) is 1.55. The first-order valence-corrected chi connectivity index (χ1v) is 8.82. The fourth-order valence-corrected chi connectivity index (χ4v) is 4.01. The average molecular weight is 345 g/mol. The highest BCUT2D eigenvalue weighted by Crippen LogP contribution is 2.37. The molecule has 2 aromatic heterocycles. The van der Waals surface area contributed by atoms with Crippen LogP contribution < -0.4 is 10.2 Å². The number of alkyl halides is 1. The minimum absolute atomic E-state index is 0.0272. The van der Waals surface area contributed by atoms with E-state index in [1.54, 1.807) is 12.3 Å². The number of anilines is 2. The lowest BCUT2D eigenvalue weighted by Gasteiger charge is -2.28. The van der Waals surface area contributed by atoms with E-state index in [4.69, 9.17) is 5.26 Å². The van der Waals surface area contributed by atoms with Gasteiger partial charge in [-0.15, -0.1) is 0 Å². The van der Waals surface area contributed by atoms with Gasteiger partial charge in [0.15, 0.2) is 10.9 Å². The number of hydrogen-bond donors (Lipinski definition) is 1. The molecule has 1 saturated carbocycles. The third-order valence-electron chi connectivity index (χ3n) is 4.46. The third kappa shape index (κ3) is 2.80. The summed E-state index contributed by atoms with van der Waals surface area (Å²) in [6, 6.07) is 4.13. The highest BCUT2D eigenvalue weighted by molar-refractivity contribution is 7.22. The second-order valence-corrected chi connectivity index (χ2v) is 7.24. The predicted octanol–water partition coefficient (Wildman–Crippen LogP) is 2.73. The van der Waals surface area contributed by atoms with Crippen LogP contribution in [0.15, 0.2) is 12.3 Å². The fraction of sp³-hybridized carbons (Fsp3) is 0.500. The number of piperidine rings is 1. The molecule has 0 bridgehead atoms. The van der Waals surface area contributed by atoms with Gasteiger partial charge in [-0.25, -0.2) is 14.4 Å². The van der Waals surface area contributed by atoms with Gasteiger partial charge in [0.25, 0.3) is 0 Å². The number of carbonyl (C=O) groups is 1. The number of carbonyl (C=O) groups excluding carboxylic acids is 1. The van der Waals surface area contributed by atoms with Crippen LogP contribution in [-0.4, -0.2) is 35.1 Å². The van der Waals surface area contributed by atoms with Gasteiger partial charge in [-0.3, -0.25) is 4.79 Å². The molecule has 1 amide bonds. The maximum Gasteiger partial charge on any atom is 0.231 e. The summed E-state index contributed by atoms with van der Waals surface area (Å²) in [5.74, 6) is -0.401. The van der Waals surface area contributed by atoms with Crippen molar-refractivity contribution in [2.24, 2.45) is 11.8 Å². The molecule has 6 nitrogen and oxygen atoms in total. The lowest BCUT2D eigenvalue weighted by atomic mass is 10.0. The number of fused-ring (bicyclic) bond motifs is 1. The first kappa shape index (κ1) is 15.3. The number of thiazole rings is 1. The van der Waals surface area contributed by atoms with Gasteiger partial charge >= 0.3 is 0 Å². The van der Waals surface area contributed by atoms with Crippen molar-refractivity contribution in [3.05, 3.63) is 12.3 Å². The molecule has 1 saturated heterocycles. The molecule has 0 spiro atoms. The third-order valence-corrected chi connectivity index (χ3v) is 5.60. The van der Waals surface area contributed by atoms with Crippen LogP contribution in [0.1, 0.15) is 19.3 Å². The number of rotatable bonds is 3. The number of aromatic nitrogens is 2. The van der Waals surface area contributed by atoms with E-state index in [0.717, 1.165) is 34.7 Å². The zero-order chi connectivity index (χ0) is 16.7. The Morgan fingerprint density at radius 2 is 2.38 bits per heavy atom. The van der Waals surface area contributed by atoms with Crippen molar-refractivity contribution in [3.63, 3.8) is 0 Å². The Balaban J connectivity index is 1.60. The first-order chi connectivity index (χ1) is 11.7. The summed E-state index contributed by atoms with van der Waals surface area (Å²) in [5, 5.41) is 12.7. The number of nitriles is 1. The van der Waals surface area contributed by atoms with Crippen molar-refractivity contribution >= 4 is 38.4 Å². The van der Waals surface area contributed by atoms with Gasteiger partial charge in [-0.05, 0) is 25.3 Å². The Bertz CT molecular complexity index is 831. The normalized spacial score (nSPS) is 26.2. The SMILES string of the molecule is N#C[C@@H]1CCCN(c2nc3ccnc(NC(=O)[C@@H]4C[C@H]4F)c3s2)C1. The highest BCUT2D eigenvalue weighted by Gasteiger charge is 2.43. The number of nitrogens with one attached hydrogen (secondary N) is 1. The number of hydrogen-bond acceptors (Lipinski definition) is 6. The van der Waals surface area contributed by atoms with E-state index >= 15 is 0 Å². The van der Waals surface area contributed by atoms with Gasteiger partial charge in [0.1, 0.15) is 6.17 Å². The van der Waals surface area contributed by atoms with Crippen molar-refractivity contribution < 1.29 is 9.18 Å². The minimum Gasteiger partial charge on any atom is -0.347 e. The average Bonchev–Trinajstić information content (AvgIpc) is 3.17. The van der Waals surface area contributed by atoms with Gasteiger partial charge in [-0.1, -0.05) is 11.3 Å². The fourth-order valence-electron chi connectivity index (χ4n) is 2.97. The second kappa shape index (κ2) is 5.98. The number of pyridine rings is 1. The summed E-state index contributed by atoms with van der Waals surface area (Å²) in [7, 11) is 0. The van der Waals surface area contributed by atoms with Crippen molar-refractivity contribution in [3.8, 4) is 6.07 Å². The summed E-state index contributed by atoms with van der Waals surface area (Å²) in [5.41, 5.74) is 0.756. The first-order valence-electron chi connectivity index (χ1n) is 8.00. The second-order valence-electron chi connectivity index (χ2n) is 6.27. The van der Waals surface area contributed by atoms with Crippen LogP contribution >= 0.6 is 11.3 Å². The predicted molar refractivity (Wildman–Crippen MR) is 89.6 cm³/mol. The van der Waals surface area contributed by atoms with E-state index < -0.39 is 12.1 Å². The Morgan fingerprint density at radius 1 is 1.54 bits per heavy atom. The molecule has 3 atom stereocenters. The van der Waals surface area contributed by atoms with Gasteiger partial charge in [0.05, 0.1) is 28.1 Å². The summed E-state index contributed by atoms with van der Waals surface area (Å²) in [6.07, 6.45) is 2.74. The minimum atomic E-state index is -1.03. The summed E-state index contributed by atoms with van der Waals surface area (Å²) < 4.78 is 13.8. The molecule has 1 aliphatic heterocycles. The van der Waals surface area contributed by atoms with E-state index in [-0.39, 0.29) is 11.8 Å². The lowest BCUT2D eigenvalue weighted by Crippen LogP contribution is -2.34. The van der Waals surface area contributed by atoms with Crippen molar-refractivity contribution in [1.82, 2.24) is 9.97 Å². The van der Waals surface area contributed by atoms with E-state index in [1.807, 2.05) is 0 Å². The van der Waals surface area contributed by atoms with Crippen molar-refractivity contribution in [1.29, 1.82) is 5.26 Å². The van der Waals surface area contributed by atoms with E-state index in [2.05, 4.69) is 26.3 Å². The summed E-state index contributed by atoms with van der Waals surface area (Å²) >= 11 is 1.45. The highest BCUT2D eigenvalue weighted by atomic mass is 32.1. The van der Waals surface area contributed by atoms with Gasteiger partial charge < -0.3 is 10.2 Å². The van der Waals surface area contributed by atoms with Gasteiger partial charge in [0.2, 0.25) is 5.91 Å². The smallest absolute Gasteiger partial charge is 0.231 e. The summed E-state index contributed by atoms with van der Waals surface area (Å²) in [4.78, 5) is 22.9. The maximum atomic E-state index is 13.0. The van der Waals surface area contributed by atoms with E-state index in [0.29, 0.717) is 18.8 Å². The van der Waals surface area contributed by atoms with Crippen LogP contribution in [-0.2, 0) is 4.79 Å². The van der Waals surface area contributed by atoms with Crippen LogP contribution in [0, 0.1) is 23.2 Å². The largest absolute Gasteiger partial charge is 0.347 e. The van der Waals surface area contributed by atoms with Crippen LogP contribution in [0.3, 0.4) is 0 Å². The Hall–Kier alpha value is -2.27. The molecule has 1 aliphatic carbocycles. The van der Waals surface area contributed by atoms with Gasteiger partial charge in [0, 0.05) is 19.3 Å². The number of nitrogens with zero attached hydrogens (tertiary/aromatic N) is 4. The van der Waals surface area contributed by atoms with Crippen molar-refractivity contribution in [2.75, 3.05) is 23.3 Å². The van der Waals surface area contributed by atoms with Crippen LogP contribution in [0.5, 0.6) is 0 Å². The molecule has 0 radical (unpaired) electrons. The van der Waals surface area contributed by atoms with Crippen LogP contribution in [0.4, 0.5) is 15.3 Å². The Kier molecular flexibility index (Phi) is 3.81. The molecular formula is C16H16FN5OS. The molecule has 124 valence electrons. The molecule has 3 heterocycles. The monoisotopic (exact) mass is 345 g/mol. The molecule has 8 heteroatoms. The Morgan fingerprint density at radius 3 is 3.12 bits per heavy atom. The van der Waals surface area contributed by atoms with E-state index in [9.17, 15) is 9.18 Å². The zero-order valence-electron chi connectivity index (χ0n) is 12.9. The molecular weight excluding hydrogens is 329 g/mol. The van der Waals surface area contributed by atoms with Crippen molar-refractivity contribution in [2.45, 2.75) is 25.4 Å². The Labute approximate surface area is 142 Å². The maximum absolute atomic E-state index is 13.0. The quantitative estimate of drug-likeness (QED) is 0.925. The topological polar surface area (TPSA) is 81.9 Å². The molecule has 0 unspecified atom stereocenters. The van der Waals surface area contributed by atoms with Crippen LogP contribution in [0.2, 0.25) is 0 Å². The van der Waals surface area contributed by atoms with Crippen LogP contribution in [0.25, 0.3) is 10.2 Å². The molecule has 4 rings (SSSR count). The molecule has 2 aliphatic rings. The molecule has 2 fully saturated rings. The number of halogens is 1. The number of amides is 1. The zero-order valence-corrected chi connectivity index (χ0v) is 13.7. The molecule has 2 aromatic rings. The standard InChI is InChI=1S/C16H16FN5OS/c17-11-6-10(11)15(23)21-14-13-12(3-4-19-14)20-16(24-13)22-5-1-2-9(7-18)8-22/h3-4,9-11H,1-2,5-6,8H2,(H,19,21,23)/t9-,10+,11+/m0/s1. The lowest BCUT2D eigenvalue weighted by molar-refractivity contribution is -0.117. The van der Waals surface area contributed by atoms with Gasteiger partial charge in [-0.2, -0.15) is 5.26 Å². The molecule has 24 heavy (non-hydrogen) atoms.